The number of nitrogens with zero attached hydrogens (tertiary/aromatic N) is 3. The highest BCUT2D eigenvalue weighted by molar-refractivity contribution is 5.75. The molecule has 1 heterocycles. The smallest absolute Gasteiger partial charge is 0.258 e. The number of carbonyl (C=O) groups excluding carboxylic acids is 1. The highest BCUT2D eigenvalue weighted by Gasteiger charge is 1.82. The fourth-order valence-corrected chi connectivity index (χ4v) is 0.767. The minimum absolute atomic E-state index is 0. The van der Waals surface area contributed by atoms with Crippen molar-refractivity contribution in [3.8, 4) is 0 Å². The molecule has 0 saturated heterocycles. The van der Waals surface area contributed by atoms with E-state index in [0.717, 1.165) is 5.69 Å². The lowest BCUT2D eigenvalue weighted by atomic mass is 10.3. The van der Waals surface area contributed by atoms with E-state index in [0.29, 0.717) is 0 Å². The van der Waals surface area contributed by atoms with Crippen molar-refractivity contribution in [2.45, 2.75) is 0 Å². The number of halogens is 4. The number of nitrogens with one attached hydrogen (secondary N) is 2. The van der Waals surface area contributed by atoms with Gasteiger partial charge >= 0.3 is 0 Å². The number of aromatic amines is 1. The van der Waals surface area contributed by atoms with Crippen molar-refractivity contribution in [3.63, 3.8) is 0 Å². The summed E-state index contributed by atoms with van der Waals surface area (Å²) in [5.41, 5.74) is 3.28. The van der Waals surface area contributed by atoms with Crippen molar-refractivity contribution in [2.24, 2.45) is 5.10 Å². The Kier molecular flexibility index (Phi) is 32.8. The molecule has 0 spiro atoms. The summed E-state index contributed by atoms with van der Waals surface area (Å²) >= 11 is 0. The first-order chi connectivity index (χ1) is 7.43. The minimum atomic E-state index is 0. The SMILES string of the molecule is B.F.F.F.F.O=C=NNc1ccccc1.c1c[nH]nn1. The van der Waals surface area contributed by atoms with Crippen LogP contribution in [-0.2, 0) is 4.79 Å². The molecular formula is C9H16BF4N5O. The maximum absolute atomic E-state index is 9.62. The number of hydrogen-bond acceptors (Lipinski definition) is 5. The average molecular weight is 297 g/mol. The Hall–Kier alpha value is -2.68. The van der Waals surface area contributed by atoms with E-state index in [1.54, 1.807) is 24.5 Å². The third-order valence-corrected chi connectivity index (χ3v) is 1.34. The van der Waals surface area contributed by atoms with Gasteiger partial charge in [0, 0.05) is 6.20 Å². The van der Waals surface area contributed by atoms with E-state index in [1.807, 2.05) is 18.2 Å². The van der Waals surface area contributed by atoms with Crippen LogP contribution >= 0.6 is 0 Å². The summed E-state index contributed by atoms with van der Waals surface area (Å²) in [4.78, 5) is 9.62. The van der Waals surface area contributed by atoms with E-state index in [1.165, 1.54) is 6.08 Å². The second kappa shape index (κ2) is 21.6. The van der Waals surface area contributed by atoms with Crippen LogP contribution in [0.2, 0.25) is 0 Å². The van der Waals surface area contributed by atoms with Gasteiger partial charge in [0.1, 0.15) is 0 Å². The number of rotatable bonds is 2. The standard InChI is InChI=1S/C7H6N2O.C2H3N3.BH3.4FH/c10-6-8-9-7-4-2-1-3-5-7;1-2-4-5-3-1;;;;;/h1-5,9H;1-2H,(H,3,4,5);1H3;4*1H. The van der Waals surface area contributed by atoms with Gasteiger partial charge in [-0.05, 0) is 12.1 Å². The second-order valence-corrected chi connectivity index (χ2v) is 2.34. The van der Waals surface area contributed by atoms with Crippen molar-refractivity contribution in [2.75, 3.05) is 5.43 Å². The Balaban J connectivity index is -0.0000000667. The largest absolute Gasteiger partial charge is 0.269 e. The van der Waals surface area contributed by atoms with E-state index < -0.39 is 0 Å². The molecule has 0 radical (unpaired) electrons. The van der Waals surface area contributed by atoms with Crippen LogP contribution < -0.4 is 5.43 Å². The normalized spacial score (nSPS) is 6.00. The molecular weight excluding hydrogens is 281 g/mol. The monoisotopic (exact) mass is 297 g/mol. The molecule has 0 aliphatic rings. The van der Waals surface area contributed by atoms with Gasteiger partial charge in [-0.1, -0.05) is 28.5 Å². The number of hydrogen-bond donors (Lipinski definition) is 2. The predicted octanol–water partition coefficient (Wildman–Crippen LogP) is 0.580. The molecule has 0 aliphatic heterocycles. The van der Waals surface area contributed by atoms with E-state index in [4.69, 9.17) is 0 Å². The van der Waals surface area contributed by atoms with Gasteiger partial charge in [-0.15, -0.1) is 5.10 Å². The van der Waals surface area contributed by atoms with Gasteiger partial charge < -0.3 is 0 Å². The lowest BCUT2D eigenvalue weighted by Gasteiger charge is -1.93. The molecule has 0 fully saturated rings. The molecule has 0 amide bonds. The Labute approximate surface area is 113 Å². The zero-order valence-electron chi connectivity index (χ0n) is 9.42. The Morgan fingerprint density at radius 1 is 1.10 bits per heavy atom. The zero-order valence-corrected chi connectivity index (χ0v) is 9.42. The Bertz CT molecular complexity index is 396. The van der Waals surface area contributed by atoms with E-state index in [9.17, 15) is 4.79 Å². The van der Waals surface area contributed by atoms with Crippen LogP contribution in [0.5, 0.6) is 0 Å². The Morgan fingerprint density at radius 3 is 2.05 bits per heavy atom. The third kappa shape index (κ3) is 15.3. The highest BCUT2D eigenvalue weighted by atomic mass is 19.0. The fraction of sp³-hybridized carbons (Fsp3) is 0. The van der Waals surface area contributed by atoms with Gasteiger partial charge in [-0.2, -0.15) is 0 Å². The van der Waals surface area contributed by atoms with Gasteiger partial charge in [0.25, 0.3) is 6.08 Å². The van der Waals surface area contributed by atoms with Crippen molar-refractivity contribution in [3.05, 3.63) is 42.7 Å². The molecule has 2 aromatic rings. The maximum atomic E-state index is 9.62. The summed E-state index contributed by atoms with van der Waals surface area (Å²) in [5.74, 6) is 0. The quantitative estimate of drug-likeness (QED) is 0.279. The topological polar surface area (TPSA) is 83.0 Å². The molecule has 1 aromatic heterocycles. The van der Waals surface area contributed by atoms with Gasteiger partial charge in [0.15, 0.2) is 0 Å². The summed E-state index contributed by atoms with van der Waals surface area (Å²) in [5, 5.41) is 12.5. The number of hydrazone groups is 1. The molecule has 6 nitrogen and oxygen atoms in total. The third-order valence-electron chi connectivity index (χ3n) is 1.34. The predicted molar refractivity (Wildman–Crippen MR) is 74.5 cm³/mol. The van der Waals surface area contributed by atoms with Crippen LogP contribution in [0, 0.1) is 0 Å². The number of para-hydroxylation sites is 1. The van der Waals surface area contributed by atoms with E-state index in [-0.39, 0.29) is 27.2 Å². The first-order valence-electron chi connectivity index (χ1n) is 4.12. The Morgan fingerprint density at radius 2 is 1.70 bits per heavy atom. The molecule has 1 aromatic carbocycles. The summed E-state index contributed by atoms with van der Waals surface area (Å²) in [6, 6.07) is 9.20. The molecule has 114 valence electrons. The van der Waals surface area contributed by atoms with Crippen molar-refractivity contribution in [1.82, 2.24) is 15.4 Å². The van der Waals surface area contributed by atoms with Gasteiger partial charge in [0.05, 0.1) is 20.3 Å². The average Bonchev–Trinajstić information content (AvgIpc) is 2.86. The maximum Gasteiger partial charge on any atom is 0.258 e. The van der Waals surface area contributed by atoms with Crippen molar-refractivity contribution < 1.29 is 23.6 Å². The molecule has 0 aliphatic carbocycles. The lowest BCUT2D eigenvalue weighted by molar-refractivity contribution is 0.564. The highest BCUT2D eigenvalue weighted by Crippen LogP contribution is 2.03. The second-order valence-electron chi connectivity index (χ2n) is 2.34. The summed E-state index contributed by atoms with van der Waals surface area (Å²) < 4.78 is 0. The number of anilines is 1. The molecule has 0 unspecified atom stereocenters. The minimum Gasteiger partial charge on any atom is -0.269 e. The van der Waals surface area contributed by atoms with E-state index in [2.05, 4.69) is 25.9 Å². The zero-order chi connectivity index (χ0) is 10.8. The number of benzene rings is 1. The molecule has 0 saturated carbocycles. The van der Waals surface area contributed by atoms with Crippen LogP contribution in [0.1, 0.15) is 0 Å². The van der Waals surface area contributed by atoms with Crippen LogP contribution in [0.15, 0.2) is 47.8 Å². The summed E-state index contributed by atoms with van der Waals surface area (Å²) in [7, 11) is 0. The van der Waals surface area contributed by atoms with Gasteiger partial charge in [-0.25, -0.2) is 4.79 Å². The number of aromatic nitrogens is 3. The van der Waals surface area contributed by atoms with Crippen LogP contribution in [0.3, 0.4) is 0 Å². The first-order valence-corrected chi connectivity index (χ1v) is 4.12. The first kappa shape index (κ1) is 30.4. The summed E-state index contributed by atoms with van der Waals surface area (Å²) in [6.45, 7) is 0. The van der Waals surface area contributed by atoms with Crippen molar-refractivity contribution >= 4 is 20.2 Å². The van der Waals surface area contributed by atoms with Crippen LogP contribution in [-0.4, -0.2) is 29.9 Å². The molecule has 11 heteroatoms. The molecule has 0 bridgehead atoms. The molecule has 20 heavy (non-hydrogen) atoms. The summed E-state index contributed by atoms with van der Waals surface area (Å²) in [6.07, 6.45) is 4.62. The number of isocyanates is 1. The van der Waals surface area contributed by atoms with Gasteiger partial charge in [0.2, 0.25) is 0 Å². The van der Waals surface area contributed by atoms with Crippen LogP contribution in [0.4, 0.5) is 24.5 Å². The number of H-pyrrole nitrogens is 1. The lowest BCUT2D eigenvalue weighted by Crippen LogP contribution is -1.84. The van der Waals surface area contributed by atoms with Crippen LogP contribution in [0.25, 0.3) is 0 Å². The molecule has 2 rings (SSSR count). The molecule has 2 N–H and O–H groups in total. The van der Waals surface area contributed by atoms with Crippen molar-refractivity contribution in [1.29, 1.82) is 0 Å². The molecule has 0 atom stereocenters. The van der Waals surface area contributed by atoms with E-state index >= 15 is 0 Å². The van der Waals surface area contributed by atoms with Gasteiger partial charge in [-0.3, -0.25) is 29.3 Å². The fourth-order valence-electron chi connectivity index (χ4n) is 0.767.